The van der Waals surface area contributed by atoms with Gasteiger partial charge >= 0.3 is 5.97 Å². The molecule has 0 radical (unpaired) electrons. The molecule has 0 aliphatic rings. The summed E-state index contributed by atoms with van der Waals surface area (Å²) in [6, 6.07) is 0. The highest BCUT2D eigenvalue weighted by molar-refractivity contribution is 5.85. The predicted octanol–water partition coefficient (Wildman–Crippen LogP) is 1.92. The van der Waals surface area contributed by atoms with Crippen LogP contribution in [0, 0.1) is 0 Å². The molecule has 0 aromatic rings. The van der Waals surface area contributed by atoms with Crippen LogP contribution in [0.2, 0.25) is 0 Å². The Morgan fingerprint density at radius 2 is 2.00 bits per heavy atom. The summed E-state index contributed by atoms with van der Waals surface area (Å²) in [7, 11) is 0. The van der Waals surface area contributed by atoms with Crippen LogP contribution in [0.5, 0.6) is 0 Å². The first kappa shape index (κ1) is 13.4. The molecule has 4 nitrogen and oxygen atoms in total. The number of hydrogen-bond donors (Lipinski definition) is 1. The van der Waals surface area contributed by atoms with Crippen molar-refractivity contribution in [2.45, 2.75) is 26.7 Å². The first-order chi connectivity index (χ1) is 7.07. The van der Waals surface area contributed by atoms with E-state index in [1.54, 1.807) is 19.1 Å². The van der Waals surface area contributed by atoms with Crippen molar-refractivity contribution in [2.24, 2.45) is 0 Å². The predicted molar refractivity (Wildman–Crippen MR) is 56.4 cm³/mol. The molecule has 0 saturated carbocycles. The maximum atomic E-state index is 10.4. The van der Waals surface area contributed by atoms with Gasteiger partial charge in [0.15, 0.2) is 0 Å². The van der Waals surface area contributed by atoms with Crippen LogP contribution >= 0.6 is 0 Å². The highest BCUT2D eigenvalue weighted by Gasteiger charge is 1.97. The Labute approximate surface area is 89.2 Å². The first-order valence-electron chi connectivity index (χ1n) is 4.69. The standard InChI is InChI=1S/C11H16O4/c1-9(6-7-15-8-12)4-3-5-10(2)11(13)14/h5-6,8H,3-4,7H2,1-2H3,(H,13,14)/b9-6+,10-5+. The molecule has 0 aliphatic heterocycles. The van der Waals surface area contributed by atoms with Crippen LogP contribution in [0.25, 0.3) is 0 Å². The number of carbonyl (C=O) groups excluding carboxylic acids is 1. The SMILES string of the molecule is C/C(=C\COC=O)CC/C=C(\C)C(=O)O. The number of rotatable bonds is 7. The fourth-order valence-corrected chi connectivity index (χ4v) is 0.935. The minimum absolute atomic E-state index is 0.275. The average molecular weight is 212 g/mol. The molecule has 1 N–H and O–H groups in total. The zero-order valence-electron chi connectivity index (χ0n) is 9.03. The minimum Gasteiger partial charge on any atom is -0.478 e. The molecule has 4 heteroatoms. The van der Waals surface area contributed by atoms with Gasteiger partial charge in [-0.2, -0.15) is 0 Å². The monoisotopic (exact) mass is 212 g/mol. The zero-order valence-corrected chi connectivity index (χ0v) is 9.03. The lowest BCUT2D eigenvalue weighted by molar-refractivity contribution is -0.132. The van der Waals surface area contributed by atoms with Crippen molar-refractivity contribution >= 4 is 12.4 Å². The molecule has 0 amide bonds. The van der Waals surface area contributed by atoms with E-state index in [4.69, 9.17) is 5.11 Å². The van der Waals surface area contributed by atoms with Crippen LogP contribution in [0.3, 0.4) is 0 Å². The summed E-state index contributed by atoms with van der Waals surface area (Å²) in [4.78, 5) is 20.3. The third-order valence-electron chi connectivity index (χ3n) is 1.92. The molecule has 0 aliphatic carbocycles. The summed E-state index contributed by atoms with van der Waals surface area (Å²) < 4.78 is 4.50. The second kappa shape index (κ2) is 7.79. The van der Waals surface area contributed by atoms with Gasteiger partial charge in [-0.3, -0.25) is 4.79 Å². The summed E-state index contributed by atoms with van der Waals surface area (Å²) in [5.41, 5.74) is 1.43. The van der Waals surface area contributed by atoms with Gasteiger partial charge in [0.25, 0.3) is 6.47 Å². The number of aliphatic carboxylic acids is 1. The Morgan fingerprint density at radius 1 is 1.33 bits per heavy atom. The van der Waals surface area contributed by atoms with Crippen LogP contribution < -0.4 is 0 Å². The van der Waals surface area contributed by atoms with E-state index in [9.17, 15) is 9.59 Å². The van der Waals surface area contributed by atoms with E-state index in [1.807, 2.05) is 6.92 Å². The number of carbonyl (C=O) groups is 2. The highest BCUT2D eigenvalue weighted by atomic mass is 16.5. The molecule has 0 fully saturated rings. The van der Waals surface area contributed by atoms with Gasteiger partial charge in [-0.15, -0.1) is 0 Å². The van der Waals surface area contributed by atoms with E-state index in [0.29, 0.717) is 18.5 Å². The van der Waals surface area contributed by atoms with Gasteiger partial charge in [0, 0.05) is 5.57 Å². The normalized spacial score (nSPS) is 12.4. The van der Waals surface area contributed by atoms with Gasteiger partial charge in [0.05, 0.1) is 0 Å². The molecule has 0 rings (SSSR count). The van der Waals surface area contributed by atoms with E-state index >= 15 is 0 Å². The first-order valence-corrected chi connectivity index (χ1v) is 4.69. The third kappa shape index (κ3) is 7.49. The Balaban J connectivity index is 3.85. The Morgan fingerprint density at radius 3 is 2.53 bits per heavy atom. The lowest BCUT2D eigenvalue weighted by atomic mass is 10.1. The van der Waals surface area contributed by atoms with Crippen molar-refractivity contribution < 1.29 is 19.4 Å². The molecule has 0 atom stereocenters. The van der Waals surface area contributed by atoms with Crippen molar-refractivity contribution in [2.75, 3.05) is 6.61 Å². The maximum absolute atomic E-state index is 10.4. The lowest BCUT2D eigenvalue weighted by Crippen LogP contribution is -1.95. The van der Waals surface area contributed by atoms with E-state index in [2.05, 4.69) is 4.74 Å². The lowest BCUT2D eigenvalue weighted by Gasteiger charge is -1.98. The molecule has 84 valence electrons. The fraction of sp³-hybridized carbons (Fsp3) is 0.455. The quantitative estimate of drug-likeness (QED) is 0.303. The Kier molecular flexibility index (Phi) is 6.97. The molecule has 0 unspecified atom stereocenters. The third-order valence-corrected chi connectivity index (χ3v) is 1.92. The van der Waals surface area contributed by atoms with Crippen molar-refractivity contribution in [1.82, 2.24) is 0 Å². The minimum atomic E-state index is -0.888. The van der Waals surface area contributed by atoms with Crippen LogP contribution in [0.4, 0.5) is 0 Å². The second-order valence-electron chi connectivity index (χ2n) is 3.21. The van der Waals surface area contributed by atoms with Gasteiger partial charge in [0.2, 0.25) is 0 Å². The smallest absolute Gasteiger partial charge is 0.330 e. The van der Waals surface area contributed by atoms with E-state index in [-0.39, 0.29) is 6.61 Å². The number of allylic oxidation sites excluding steroid dienone is 2. The van der Waals surface area contributed by atoms with Gasteiger partial charge in [0.1, 0.15) is 6.61 Å². The summed E-state index contributed by atoms with van der Waals surface area (Å²) >= 11 is 0. The van der Waals surface area contributed by atoms with Crippen LogP contribution in [0.15, 0.2) is 23.3 Å². The van der Waals surface area contributed by atoms with Crippen molar-refractivity contribution in [3.63, 3.8) is 0 Å². The summed E-state index contributed by atoms with van der Waals surface area (Å²) in [5, 5.41) is 8.58. The molecule has 0 heterocycles. The van der Waals surface area contributed by atoms with Crippen LogP contribution in [0.1, 0.15) is 26.7 Å². The van der Waals surface area contributed by atoms with Crippen molar-refractivity contribution in [1.29, 1.82) is 0 Å². The van der Waals surface area contributed by atoms with Gasteiger partial charge < -0.3 is 9.84 Å². The second-order valence-corrected chi connectivity index (χ2v) is 3.21. The highest BCUT2D eigenvalue weighted by Crippen LogP contribution is 2.06. The molecule has 15 heavy (non-hydrogen) atoms. The van der Waals surface area contributed by atoms with Crippen molar-refractivity contribution in [3.8, 4) is 0 Å². The van der Waals surface area contributed by atoms with Gasteiger partial charge in [-0.1, -0.05) is 11.6 Å². The molecular formula is C11H16O4. The maximum Gasteiger partial charge on any atom is 0.330 e. The van der Waals surface area contributed by atoms with E-state index < -0.39 is 5.97 Å². The molecule has 0 saturated heterocycles. The van der Waals surface area contributed by atoms with Crippen LogP contribution in [-0.2, 0) is 14.3 Å². The Hall–Kier alpha value is -1.58. The number of carboxylic acids is 1. The number of ether oxygens (including phenoxy) is 1. The average Bonchev–Trinajstić information content (AvgIpc) is 2.18. The van der Waals surface area contributed by atoms with E-state index in [1.165, 1.54) is 0 Å². The molecule has 0 aromatic carbocycles. The molecule has 0 spiro atoms. The summed E-state index contributed by atoms with van der Waals surface area (Å²) in [6.45, 7) is 4.16. The number of hydrogen-bond acceptors (Lipinski definition) is 3. The summed E-state index contributed by atoms with van der Waals surface area (Å²) in [6.07, 6.45) is 4.94. The van der Waals surface area contributed by atoms with Gasteiger partial charge in [-0.25, -0.2) is 4.79 Å². The Bertz CT molecular complexity index is 276. The van der Waals surface area contributed by atoms with Crippen molar-refractivity contribution in [3.05, 3.63) is 23.3 Å². The van der Waals surface area contributed by atoms with Gasteiger partial charge in [-0.05, 0) is 32.8 Å². The van der Waals surface area contributed by atoms with Crippen LogP contribution in [-0.4, -0.2) is 24.2 Å². The zero-order chi connectivity index (χ0) is 11.7. The largest absolute Gasteiger partial charge is 0.478 e. The summed E-state index contributed by atoms with van der Waals surface area (Å²) in [5.74, 6) is -0.888. The molecule has 0 aromatic heterocycles. The van der Waals surface area contributed by atoms with E-state index in [0.717, 1.165) is 12.0 Å². The molecular weight excluding hydrogens is 196 g/mol. The fourth-order valence-electron chi connectivity index (χ4n) is 0.935. The number of carboxylic acid groups (broad SMARTS) is 1. The molecule has 0 bridgehead atoms. The topological polar surface area (TPSA) is 63.6 Å².